The lowest BCUT2D eigenvalue weighted by atomic mass is 10.1. The molecule has 0 radical (unpaired) electrons. The largest absolute Gasteiger partial charge is 0.356 e. The highest BCUT2D eigenvalue weighted by atomic mass is 127. The Labute approximate surface area is 159 Å². The van der Waals surface area contributed by atoms with Crippen molar-refractivity contribution < 1.29 is 0 Å². The Balaban J connectivity index is 0.00000484. The zero-order chi connectivity index (χ0) is 16.2. The summed E-state index contributed by atoms with van der Waals surface area (Å²) in [7, 11) is 1.83. The molecule has 0 bridgehead atoms. The Morgan fingerprint density at radius 1 is 1.26 bits per heavy atom. The van der Waals surface area contributed by atoms with Crippen LogP contribution in [0.1, 0.15) is 57.2 Å². The number of hydrogen-bond acceptors (Lipinski definition) is 2. The van der Waals surface area contributed by atoms with Crippen molar-refractivity contribution in [2.45, 2.75) is 65.3 Å². The number of nitrogens with one attached hydrogen (secondary N) is 2. The van der Waals surface area contributed by atoms with Crippen LogP contribution in [0.2, 0.25) is 0 Å². The van der Waals surface area contributed by atoms with Gasteiger partial charge >= 0.3 is 0 Å². The van der Waals surface area contributed by atoms with Gasteiger partial charge < -0.3 is 10.6 Å². The molecule has 0 aromatic carbocycles. The smallest absolute Gasteiger partial charge is 0.191 e. The summed E-state index contributed by atoms with van der Waals surface area (Å²) in [6.45, 7) is 7.35. The zero-order valence-electron chi connectivity index (χ0n) is 15.1. The molecule has 0 aliphatic heterocycles. The van der Waals surface area contributed by atoms with Gasteiger partial charge in [-0.15, -0.1) is 24.0 Å². The molecular weight excluding hydrogens is 399 g/mol. The molecule has 0 saturated heterocycles. The lowest BCUT2D eigenvalue weighted by Crippen LogP contribution is -2.42. The predicted molar refractivity (Wildman–Crippen MR) is 111 cm³/mol. The van der Waals surface area contributed by atoms with Gasteiger partial charge in [-0.3, -0.25) is 9.98 Å². The second-order valence-corrected chi connectivity index (χ2v) is 5.95. The van der Waals surface area contributed by atoms with Crippen LogP contribution in [0.25, 0.3) is 0 Å². The van der Waals surface area contributed by atoms with E-state index in [0.29, 0.717) is 6.04 Å². The van der Waals surface area contributed by atoms with Crippen LogP contribution in [-0.2, 0) is 6.42 Å². The Morgan fingerprint density at radius 3 is 2.65 bits per heavy atom. The Hall–Kier alpha value is -0.850. The number of aryl methyl sites for hydroxylation is 1. The molecule has 1 aromatic rings. The van der Waals surface area contributed by atoms with Gasteiger partial charge in [0.15, 0.2) is 5.96 Å². The van der Waals surface area contributed by atoms with Crippen molar-refractivity contribution >= 4 is 29.9 Å². The Bertz CT molecular complexity index is 431. The lowest BCUT2D eigenvalue weighted by Gasteiger charge is -2.18. The highest BCUT2D eigenvalue weighted by molar-refractivity contribution is 14.0. The van der Waals surface area contributed by atoms with Gasteiger partial charge in [-0.25, -0.2) is 0 Å². The molecule has 132 valence electrons. The molecule has 1 atom stereocenters. The van der Waals surface area contributed by atoms with Crippen LogP contribution in [-0.4, -0.2) is 30.6 Å². The minimum absolute atomic E-state index is 0. The summed E-state index contributed by atoms with van der Waals surface area (Å²) < 4.78 is 0. The third-order valence-corrected chi connectivity index (χ3v) is 3.78. The molecule has 1 unspecified atom stereocenters. The van der Waals surface area contributed by atoms with Crippen LogP contribution >= 0.6 is 24.0 Å². The normalized spacial score (nSPS) is 12.4. The number of halogens is 1. The number of guanidine groups is 1. The summed E-state index contributed by atoms with van der Waals surface area (Å²) in [5.41, 5.74) is 2.31. The molecule has 0 aliphatic rings. The van der Waals surface area contributed by atoms with Crippen molar-refractivity contribution in [3.8, 4) is 0 Å². The maximum atomic E-state index is 4.32. The average Bonchev–Trinajstić information content (AvgIpc) is 2.52. The first-order valence-corrected chi connectivity index (χ1v) is 8.54. The van der Waals surface area contributed by atoms with Crippen LogP contribution in [0.3, 0.4) is 0 Å². The number of rotatable bonds is 9. The first-order valence-electron chi connectivity index (χ1n) is 8.54. The van der Waals surface area contributed by atoms with E-state index in [1.807, 2.05) is 20.2 Å². The Kier molecular flexibility index (Phi) is 13.1. The van der Waals surface area contributed by atoms with Crippen LogP contribution in [0.5, 0.6) is 0 Å². The van der Waals surface area contributed by atoms with Crippen molar-refractivity contribution in [3.05, 3.63) is 29.6 Å². The number of nitrogens with zero attached hydrogens (tertiary/aromatic N) is 2. The second kappa shape index (κ2) is 13.6. The standard InChI is InChI=1S/C18H32N4.HI/c1-5-6-7-8-9-16(3)22-18(19-4)20-13-12-17-11-10-15(2)21-14-17;/h10-11,14,16H,5-9,12-13H2,1-4H3,(H2,19,20,22);1H. The van der Waals surface area contributed by atoms with Crippen LogP contribution in [0.4, 0.5) is 0 Å². The van der Waals surface area contributed by atoms with Gasteiger partial charge in [0, 0.05) is 31.5 Å². The van der Waals surface area contributed by atoms with E-state index in [1.165, 1.54) is 37.7 Å². The predicted octanol–water partition coefficient (Wildman–Crippen LogP) is 4.07. The topological polar surface area (TPSA) is 49.3 Å². The molecule has 5 heteroatoms. The van der Waals surface area contributed by atoms with Crippen LogP contribution in [0.15, 0.2) is 23.3 Å². The number of unbranched alkanes of at least 4 members (excludes halogenated alkanes) is 3. The quantitative estimate of drug-likeness (QED) is 0.268. The SMILES string of the molecule is CCCCCCC(C)NC(=NC)NCCc1ccc(C)nc1.I. The molecule has 1 aromatic heterocycles. The van der Waals surface area contributed by atoms with Gasteiger partial charge in [0.2, 0.25) is 0 Å². The highest BCUT2D eigenvalue weighted by Crippen LogP contribution is 2.05. The maximum Gasteiger partial charge on any atom is 0.191 e. The van der Waals surface area contributed by atoms with Gasteiger partial charge in [0.1, 0.15) is 0 Å². The molecule has 0 saturated carbocycles. The summed E-state index contributed by atoms with van der Waals surface area (Å²) in [4.78, 5) is 8.62. The number of aromatic nitrogens is 1. The summed E-state index contributed by atoms with van der Waals surface area (Å²) in [5.74, 6) is 0.892. The van der Waals surface area contributed by atoms with Crippen LogP contribution in [0, 0.1) is 6.92 Å². The first-order chi connectivity index (χ1) is 10.7. The third-order valence-electron chi connectivity index (χ3n) is 3.78. The van der Waals surface area contributed by atoms with Gasteiger partial charge in [-0.1, -0.05) is 38.7 Å². The monoisotopic (exact) mass is 432 g/mol. The van der Waals surface area contributed by atoms with E-state index >= 15 is 0 Å². The van der Waals surface area contributed by atoms with Crippen molar-refractivity contribution in [1.29, 1.82) is 0 Å². The molecule has 1 heterocycles. The fourth-order valence-electron chi connectivity index (χ4n) is 2.35. The first kappa shape index (κ1) is 22.1. The molecule has 0 amide bonds. The van der Waals surface area contributed by atoms with Crippen molar-refractivity contribution in [1.82, 2.24) is 15.6 Å². The molecule has 1 rings (SSSR count). The van der Waals surface area contributed by atoms with Gasteiger partial charge in [-0.2, -0.15) is 0 Å². The van der Waals surface area contributed by atoms with E-state index in [-0.39, 0.29) is 24.0 Å². The summed E-state index contributed by atoms with van der Waals surface area (Å²) in [6, 6.07) is 4.65. The molecule has 4 nitrogen and oxygen atoms in total. The van der Waals surface area contributed by atoms with E-state index in [4.69, 9.17) is 0 Å². The Morgan fingerprint density at radius 2 is 2.04 bits per heavy atom. The molecule has 0 aliphatic carbocycles. The summed E-state index contributed by atoms with van der Waals surface area (Å²) in [5, 5.41) is 6.84. The van der Waals surface area contributed by atoms with Crippen LogP contribution < -0.4 is 10.6 Å². The molecule has 0 fully saturated rings. The second-order valence-electron chi connectivity index (χ2n) is 5.95. The average molecular weight is 432 g/mol. The van der Waals surface area contributed by atoms with E-state index in [9.17, 15) is 0 Å². The molecular formula is C18H33IN4. The van der Waals surface area contributed by atoms with E-state index in [0.717, 1.165) is 24.6 Å². The number of pyridine rings is 1. The summed E-state index contributed by atoms with van der Waals surface area (Å²) >= 11 is 0. The molecule has 23 heavy (non-hydrogen) atoms. The van der Waals surface area contributed by atoms with E-state index in [1.54, 1.807) is 0 Å². The third kappa shape index (κ3) is 10.5. The fraction of sp³-hybridized carbons (Fsp3) is 0.667. The van der Waals surface area contributed by atoms with E-state index < -0.39 is 0 Å². The molecule has 2 N–H and O–H groups in total. The lowest BCUT2D eigenvalue weighted by molar-refractivity contribution is 0.537. The van der Waals surface area contributed by atoms with Crippen molar-refractivity contribution in [3.63, 3.8) is 0 Å². The van der Waals surface area contributed by atoms with Crippen molar-refractivity contribution in [2.24, 2.45) is 4.99 Å². The summed E-state index contributed by atoms with van der Waals surface area (Å²) in [6.07, 6.45) is 9.34. The number of hydrogen-bond donors (Lipinski definition) is 2. The minimum atomic E-state index is 0. The van der Waals surface area contributed by atoms with Crippen molar-refractivity contribution in [2.75, 3.05) is 13.6 Å². The molecule has 0 spiro atoms. The van der Waals surface area contributed by atoms with Gasteiger partial charge in [-0.05, 0) is 38.3 Å². The number of aliphatic imine (C=N–C) groups is 1. The minimum Gasteiger partial charge on any atom is -0.356 e. The highest BCUT2D eigenvalue weighted by Gasteiger charge is 2.04. The van der Waals surface area contributed by atoms with Gasteiger partial charge in [0.25, 0.3) is 0 Å². The zero-order valence-corrected chi connectivity index (χ0v) is 17.4. The maximum absolute atomic E-state index is 4.32. The fourth-order valence-corrected chi connectivity index (χ4v) is 2.35. The van der Waals surface area contributed by atoms with Gasteiger partial charge in [0.05, 0.1) is 0 Å². The van der Waals surface area contributed by atoms with E-state index in [2.05, 4.69) is 46.6 Å².